The van der Waals surface area contributed by atoms with Crippen LogP contribution in [0.1, 0.15) is 39.0 Å². The van der Waals surface area contributed by atoms with Gasteiger partial charge in [0.2, 0.25) is 0 Å². The van der Waals surface area contributed by atoms with Crippen molar-refractivity contribution < 1.29 is 0 Å². The first-order chi connectivity index (χ1) is 7.81. The zero-order valence-corrected chi connectivity index (χ0v) is 10.4. The Morgan fingerprint density at radius 3 is 2.81 bits per heavy atom. The summed E-state index contributed by atoms with van der Waals surface area (Å²) in [6.45, 7) is 2.25. The van der Waals surface area contributed by atoms with Crippen LogP contribution in [0.2, 0.25) is 5.15 Å². The van der Waals surface area contributed by atoms with Crippen LogP contribution in [0.4, 0.5) is 5.82 Å². The van der Waals surface area contributed by atoms with Crippen molar-refractivity contribution in [2.24, 2.45) is 5.92 Å². The van der Waals surface area contributed by atoms with E-state index in [0.717, 1.165) is 11.7 Å². The second-order valence-corrected chi connectivity index (χ2v) is 4.76. The van der Waals surface area contributed by atoms with Crippen LogP contribution in [-0.2, 0) is 0 Å². The van der Waals surface area contributed by atoms with Gasteiger partial charge in [0.25, 0.3) is 0 Å². The number of rotatable bonds is 3. The van der Waals surface area contributed by atoms with Crippen molar-refractivity contribution in [3.8, 4) is 0 Å². The van der Waals surface area contributed by atoms with Crippen LogP contribution in [0.5, 0.6) is 0 Å². The molecule has 1 fully saturated rings. The molecule has 1 heterocycles. The maximum Gasteiger partial charge on any atom is 0.171 e. The van der Waals surface area contributed by atoms with Crippen LogP contribution in [0.3, 0.4) is 0 Å². The fourth-order valence-electron chi connectivity index (χ4n) is 2.48. The zero-order chi connectivity index (χ0) is 11.4. The van der Waals surface area contributed by atoms with Crippen molar-refractivity contribution in [2.75, 3.05) is 5.32 Å². The topological polar surface area (TPSA) is 37.8 Å². The van der Waals surface area contributed by atoms with Crippen LogP contribution in [0.15, 0.2) is 12.4 Å². The molecule has 1 N–H and O–H groups in total. The molecule has 4 heteroatoms. The van der Waals surface area contributed by atoms with Crippen LogP contribution in [0.25, 0.3) is 0 Å². The van der Waals surface area contributed by atoms with E-state index < -0.39 is 0 Å². The third-order valence-corrected chi connectivity index (χ3v) is 3.69. The summed E-state index contributed by atoms with van der Waals surface area (Å²) in [5.74, 6) is 1.47. The number of hydrogen-bond acceptors (Lipinski definition) is 3. The Labute approximate surface area is 102 Å². The smallest absolute Gasteiger partial charge is 0.171 e. The largest absolute Gasteiger partial charge is 0.365 e. The maximum absolute atomic E-state index is 6.00. The number of nitrogens with one attached hydrogen (secondary N) is 1. The summed E-state index contributed by atoms with van der Waals surface area (Å²) in [5.41, 5.74) is 0. The Morgan fingerprint density at radius 1 is 1.31 bits per heavy atom. The van der Waals surface area contributed by atoms with Crippen molar-refractivity contribution in [1.82, 2.24) is 9.97 Å². The Bertz CT molecular complexity index is 343. The lowest BCUT2D eigenvalue weighted by Gasteiger charge is -2.31. The fourth-order valence-corrected chi connectivity index (χ4v) is 2.64. The summed E-state index contributed by atoms with van der Waals surface area (Å²) in [7, 11) is 0. The minimum absolute atomic E-state index is 0.475. The van der Waals surface area contributed by atoms with Gasteiger partial charge in [0.15, 0.2) is 11.0 Å². The Hall–Kier alpha value is -0.830. The summed E-state index contributed by atoms with van der Waals surface area (Å²) in [5, 5.41) is 3.92. The van der Waals surface area contributed by atoms with Gasteiger partial charge in [-0.15, -0.1) is 0 Å². The average molecular weight is 240 g/mol. The molecule has 0 spiro atoms. The van der Waals surface area contributed by atoms with Crippen LogP contribution >= 0.6 is 11.6 Å². The highest BCUT2D eigenvalue weighted by molar-refractivity contribution is 6.31. The highest BCUT2D eigenvalue weighted by atomic mass is 35.5. The molecule has 0 bridgehead atoms. The molecular weight excluding hydrogens is 222 g/mol. The van der Waals surface area contributed by atoms with Crippen molar-refractivity contribution in [2.45, 2.75) is 45.1 Å². The standard InChI is InChI=1S/C12H18ClN3/c1-2-9-5-3-4-6-10(9)16-12-11(13)14-7-8-15-12/h7-10H,2-6H2,1H3,(H,15,16). The highest BCUT2D eigenvalue weighted by Gasteiger charge is 2.24. The van der Waals surface area contributed by atoms with Gasteiger partial charge in [0, 0.05) is 18.4 Å². The zero-order valence-electron chi connectivity index (χ0n) is 9.62. The molecule has 16 heavy (non-hydrogen) atoms. The molecule has 3 nitrogen and oxygen atoms in total. The average Bonchev–Trinajstić information content (AvgIpc) is 2.33. The summed E-state index contributed by atoms with van der Waals surface area (Å²) >= 11 is 6.00. The monoisotopic (exact) mass is 239 g/mol. The van der Waals surface area contributed by atoms with E-state index in [1.54, 1.807) is 12.4 Å². The fraction of sp³-hybridized carbons (Fsp3) is 0.667. The maximum atomic E-state index is 6.00. The first-order valence-electron chi connectivity index (χ1n) is 6.04. The molecule has 1 saturated carbocycles. The summed E-state index contributed by atoms with van der Waals surface area (Å²) in [6, 6.07) is 0.507. The van der Waals surface area contributed by atoms with Gasteiger partial charge in [-0.25, -0.2) is 9.97 Å². The van der Waals surface area contributed by atoms with E-state index in [4.69, 9.17) is 11.6 Å². The quantitative estimate of drug-likeness (QED) is 0.877. The van der Waals surface area contributed by atoms with Crippen molar-refractivity contribution in [1.29, 1.82) is 0 Å². The van der Waals surface area contributed by atoms with E-state index in [1.165, 1.54) is 32.1 Å². The van der Waals surface area contributed by atoms with Crippen LogP contribution in [0, 0.1) is 5.92 Å². The lowest BCUT2D eigenvalue weighted by Crippen LogP contribution is -2.32. The second-order valence-electron chi connectivity index (χ2n) is 4.40. The number of anilines is 1. The first-order valence-corrected chi connectivity index (χ1v) is 6.42. The molecule has 1 aliphatic rings. The normalized spacial score (nSPS) is 25.4. The van der Waals surface area contributed by atoms with Gasteiger partial charge in [-0.1, -0.05) is 37.8 Å². The van der Waals surface area contributed by atoms with Crippen LogP contribution in [-0.4, -0.2) is 16.0 Å². The van der Waals surface area contributed by atoms with E-state index in [-0.39, 0.29) is 0 Å². The van der Waals surface area contributed by atoms with E-state index in [0.29, 0.717) is 11.2 Å². The molecule has 2 rings (SSSR count). The lowest BCUT2D eigenvalue weighted by atomic mass is 9.83. The van der Waals surface area contributed by atoms with Gasteiger partial charge in [0.1, 0.15) is 0 Å². The highest BCUT2D eigenvalue weighted by Crippen LogP contribution is 2.30. The summed E-state index contributed by atoms with van der Waals surface area (Å²) in [6.07, 6.45) is 9.69. The summed E-state index contributed by atoms with van der Waals surface area (Å²) < 4.78 is 0. The molecule has 88 valence electrons. The van der Waals surface area contributed by atoms with Crippen molar-refractivity contribution >= 4 is 17.4 Å². The molecule has 0 aromatic carbocycles. The Kier molecular flexibility index (Phi) is 3.99. The molecular formula is C12H18ClN3. The molecule has 0 radical (unpaired) electrons. The van der Waals surface area contributed by atoms with E-state index in [1.807, 2.05) is 0 Å². The number of hydrogen-bond donors (Lipinski definition) is 1. The molecule has 0 saturated heterocycles. The molecule has 2 atom stereocenters. The van der Waals surface area contributed by atoms with Gasteiger partial charge in [-0.05, 0) is 18.8 Å². The molecule has 0 amide bonds. The molecule has 1 aromatic heterocycles. The lowest BCUT2D eigenvalue weighted by molar-refractivity contribution is 0.317. The minimum Gasteiger partial charge on any atom is -0.365 e. The predicted molar refractivity (Wildman–Crippen MR) is 66.7 cm³/mol. The van der Waals surface area contributed by atoms with Gasteiger partial charge in [0.05, 0.1) is 0 Å². The van der Waals surface area contributed by atoms with Gasteiger partial charge in [-0.3, -0.25) is 0 Å². The van der Waals surface area contributed by atoms with E-state index in [2.05, 4.69) is 22.2 Å². The third kappa shape index (κ3) is 2.64. The van der Waals surface area contributed by atoms with E-state index >= 15 is 0 Å². The second kappa shape index (κ2) is 5.48. The minimum atomic E-state index is 0.475. The van der Waals surface area contributed by atoms with Gasteiger partial charge in [-0.2, -0.15) is 0 Å². The SMILES string of the molecule is CCC1CCCCC1Nc1nccnc1Cl. The first kappa shape index (κ1) is 11.6. The predicted octanol–water partition coefficient (Wildman–Crippen LogP) is 3.51. The Morgan fingerprint density at radius 2 is 2.06 bits per heavy atom. The third-order valence-electron chi connectivity index (χ3n) is 3.41. The van der Waals surface area contributed by atoms with E-state index in [9.17, 15) is 0 Å². The molecule has 0 aliphatic heterocycles. The van der Waals surface area contributed by atoms with Crippen LogP contribution < -0.4 is 5.32 Å². The summed E-state index contributed by atoms with van der Waals surface area (Å²) in [4.78, 5) is 8.27. The number of nitrogens with zero attached hydrogens (tertiary/aromatic N) is 2. The van der Waals surface area contributed by atoms with Gasteiger partial charge < -0.3 is 5.32 Å². The Balaban J connectivity index is 2.05. The number of halogens is 1. The van der Waals surface area contributed by atoms with Crippen molar-refractivity contribution in [3.63, 3.8) is 0 Å². The van der Waals surface area contributed by atoms with Gasteiger partial charge >= 0.3 is 0 Å². The van der Waals surface area contributed by atoms with Crippen molar-refractivity contribution in [3.05, 3.63) is 17.5 Å². The molecule has 1 aromatic rings. The number of aromatic nitrogens is 2. The molecule has 1 aliphatic carbocycles. The molecule has 2 unspecified atom stereocenters.